The maximum atomic E-state index is 6.06. The maximum absolute atomic E-state index is 6.06. The Labute approximate surface area is 91.9 Å². The molecule has 15 heavy (non-hydrogen) atoms. The first-order chi connectivity index (χ1) is 7.34. The van der Waals surface area contributed by atoms with Gasteiger partial charge in [0.1, 0.15) is 11.3 Å². The Bertz CT molecular complexity index is 461. The lowest BCUT2D eigenvalue weighted by atomic mass is 9.99. The van der Waals surface area contributed by atoms with Gasteiger partial charge in [0.05, 0.1) is 12.0 Å². The van der Waals surface area contributed by atoms with Gasteiger partial charge in [-0.3, -0.25) is 0 Å². The second-order valence-electron chi connectivity index (χ2n) is 3.84. The summed E-state index contributed by atoms with van der Waals surface area (Å²) in [5, 5.41) is 1.03. The predicted octanol–water partition coefficient (Wildman–Crippen LogP) is 2.74. The summed E-state index contributed by atoms with van der Waals surface area (Å²) < 4.78 is 5.06. The number of aryl methyl sites for hydroxylation is 1. The van der Waals surface area contributed by atoms with Gasteiger partial charge in [-0.1, -0.05) is 0 Å². The third-order valence-corrected chi connectivity index (χ3v) is 4.04. The van der Waals surface area contributed by atoms with Crippen LogP contribution in [0.15, 0.2) is 23.0 Å². The molecule has 2 heterocycles. The largest absolute Gasteiger partial charge is 0.472 e. The topological polar surface area (TPSA) is 52.0 Å². The van der Waals surface area contributed by atoms with Crippen molar-refractivity contribution < 1.29 is 4.42 Å². The molecule has 0 amide bonds. The summed E-state index contributed by atoms with van der Waals surface area (Å²) in [5.41, 5.74) is 8.31. The van der Waals surface area contributed by atoms with Crippen LogP contribution in [0.3, 0.4) is 0 Å². The van der Waals surface area contributed by atoms with Gasteiger partial charge in [-0.15, -0.1) is 11.3 Å². The van der Waals surface area contributed by atoms with Crippen molar-refractivity contribution in [3.05, 3.63) is 29.2 Å². The first-order valence-corrected chi connectivity index (χ1v) is 5.94. The van der Waals surface area contributed by atoms with Crippen LogP contribution in [0.2, 0.25) is 0 Å². The Morgan fingerprint density at radius 1 is 1.53 bits per heavy atom. The predicted molar refractivity (Wildman–Crippen MR) is 59.7 cm³/mol. The van der Waals surface area contributed by atoms with Gasteiger partial charge in [-0.2, -0.15) is 0 Å². The first-order valence-electron chi connectivity index (χ1n) is 5.12. The number of nitrogens with zero attached hydrogens (tertiary/aromatic N) is 1. The Kier molecular flexibility index (Phi) is 2.11. The van der Waals surface area contributed by atoms with Crippen molar-refractivity contribution >= 4 is 11.3 Å². The average Bonchev–Trinajstić information content (AvgIpc) is 2.86. The zero-order valence-electron chi connectivity index (χ0n) is 8.27. The fourth-order valence-electron chi connectivity index (χ4n) is 1.96. The first kappa shape index (κ1) is 9.12. The van der Waals surface area contributed by atoms with Crippen LogP contribution in [0.25, 0.3) is 10.6 Å². The molecule has 1 atom stereocenters. The van der Waals surface area contributed by atoms with Crippen molar-refractivity contribution in [2.75, 3.05) is 0 Å². The van der Waals surface area contributed by atoms with Crippen molar-refractivity contribution in [3.8, 4) is 10.6 Å². The van der Waals surface area contributed by atoms with Crippen LogP contribution in [-0.2, 0) is 6.42 Å². The van der Waals surface area contributed by atoms with Crippen LogP contribution in [0.5, 0.6) is 0 Å². The van der Waals surface area contributed by atoms with E-state index in [0.29, 0.717) is 0 Å². The molecule has 0 bridgehead atoms. The lowest BCUT2D eigenvalue weighted by molar-refractivity contribution is 0.568. The van der Waals surface area contributed by atoms with Gasteiger partial charge in [0.15, 0.2) is 0 Å². The highest BCUT2D eigenvalue weighted by Crippen LogP contribution is 2.36. The van der Waals surface area contributed by atoms with Crippen molar-refractivity contribution in [1.82, 2.24) is 4.98 Å². The molecule has 0 fully saturated rings. The van der Waals surface area contributed by atoms with E-state index in [1.807, 2.05) is 6.07 Å². The molecule has 4 heteroatoms. The van der Waals surface area contributed by atoms with E-state index in [2.05, 4.69) is 4.98 Å². The number of hydrogen-bond acceptors (Lipinski definition) is 4. The summed E-state index contributed by atoms with van der Waals surface area (Å²) in [6, 6.07) is 2.13. The van der Waals surface area contributed by atoms with E-state index in [1.54, 1.807) is 23.9 Å². The van der Waals surface area contributed by atoms with Crippen LogP contribution in [-0.4, -0.2) is 4.98 Å². The molecule has 0 spiro atoms. The minimum absolute atomic E-state index is 0.187. The minimum Gasteiger partial charge on any atom is -0.472 e. The van der Waals surface area contributed by atoms with Gasteiger partial charge in [0.2, 0.25) is 0 Å². The Balaban J connectivity index is 2.06. The van der Waals surface area contributed by atoms with Crippen LogP contribution in [0.4, 0.5) is 0 Å². The number of thiazole rings is 1. The molecule has 1 aliphatic rings. The zero-order valence-corrected chi connectivity index (χ0v) is 9.09. The third kappa shape index (κ3) is 1.50. The molecule has 0 aromatic carbocycles. The molecule has 0 saturated carbocycles. The Hall–Kier alpha value is -1.13. The fraction of sp³-hybridized carbons (Fsp3) is 0.364. The lowest BCUT2D eigenvalue weighted by Gasteiger charge is -2.15. The third-order valence-electron chi connectivity index (χ3n) is 2.76. The second-order valence-corrected chi connectivity index (χ2v) is 4.87. The zero-order chi connectivity index (χ0) is 10.3. The summed E-state index contributed by atoms with van der Waals surface area (Å²) in [7, 11) is 0. The van der Waals surface area contributed by atoms with E-state index < -0.39 is 0 Å². The normalized spacial score (nSPS) is 20.2. The molecule has 78 valence electrons. The van der Waals surface area contributed by atoms with Crippen LogP contribution >= 0.6 is 11.3 Å². The molecule has 1 unspecified atom stereocenters. The van der Waals surface area contributed by atoms with Crippen molar-refractivity contribution in [3.63, 3.8) is 0 Å². The highest BCUT2D eigenvalue weighted by Gasteiger charge is 2.22. The van der Waals surface area contributed by atoms with Crippen molar-refractivity contribution in [2.24, 2.45) is 5.73 Å². The number of aromatic nitrogens is 1. The summed E-state index contributed by atoms with van der Waals surface area (Å²) in [6.07, 6.45) is 6.71. The van der Waals surface area contributed by atoms with Crippen molar-refractivity contribution in [1.29, 1.82) is 0 Å². The van der Waals surface area contributed by atoms with Gasteiger partial charge in [0.25, 0.3) is 0 Å². The minimum atomic E-state index is 0.187. The van der Waals surface area contributed by atoms with E-state index >= 15 is 0 Å². The maximum Gasteiger partial charge on any atom is 0.127 e. The molecule has 2 N–H and O–H groups in total. The number of hydrogen-bond donors (Lipinski definition) is 1. The van der Waals surface area contributed by atoms with Crippen LogP contribution in [0, 0.1) is 0 Å². The van der Waals surface area contributed by atoms with E-state index in [4.69, 9.17) is 10.2 Å². The summed E-state index contributed by atoms with van der Waals surface area (Å²) >= 11 is 1.71. The number of fused-ring (bicyclic) bond motifs is 1. The quantitative estimate of drug-likeness (QED) is 0.804. The molecule has 3 rings (SSSR count). The molecular formula is C11H12N2OS. The summed E-state index contributed by atoms with van der Waals surface area (Å²) in [4.78, 5) is 5.88. The molecule has 2 aromatic rings. The van der Waals surface area contributed by atoms with Crippen LogP contribution < -0.4 is 5.73 Å². The van der Waals surface area contributed by atoms with Crippen LogP contribution in [0.1, 0.15) is 29.5 Å². The standard InChI is InChI=1S/C11H12N2OS/c12-8-2-1-3-9-10(8)15-11(13-9)7-4-5-14-6-7/h4-6,8H,1-3,12H2. The van der Waals surface area contributed by atoms with Gasteiger partial charge in [0, 0.05) is 16.5 Å². The molecular weight excluding hydrogens is 208 g/mol. The molecule has 2 aromatic heterocycles. The molecule has 0 aliphatic heterocycles. The van der Waals surface area contributed by atoms with E-state index in [1.165, 1.54) is 10.6 Å². The van der Waals surface area contributed by atoms with E-state index in [9.17, 15) is 0 Å². The monoisotopic (exact) mass is 220 g/mol. The van der Waals surface area contributed by atoms with Crippen molar-refractivity contribution in [2.45, 2.75) is 25.3 Å². The van der Waals surface area contributed by atoms with Gasteiger partial charge in [-0.25, -0.2) is 4.98 Å². The highest BCUT2D eigenvalue weighted by atomic mass is 32.1. The SMILES string of the molecule is NC1CCCc2nc(-c3ccoc3)sc21. The van der Waals surface area contributed by atoms with E-state index in [-0.39, 0.29) is 6.04 Å². The number of rotatable bonds is 1. The smallest absolute Gasteiger partial charge is 0.127 e. The molecule has 3 nitrogen and oxygen atoms in total. The Morgan fingerprint density at radius 2 is 2.47 bits per heavy atom. The highest BCUT2D eigenvalue weighted by molar-refractivity contribution is 7.15. The summed E-state index contributed by atoms with van der Waals surface area (Å²) in [5.74, 6) is 0. The van der Waals surface area contributed by atoms with Gasteiger partial charge >= 0.3 is 0 Å². The molecule has 0 radical (unpaired) electrons. The fourth-order valence-corrected chi connectivity index (χ4v) is 3.10. The number of nitrogens with two attached hydrogens (primary N) is 1. The number of furan rings is 1. The van der Waals surface area contributed by atoms with Gasteiger partial charge in [-0.05, 0) is 25.3 Å². The van der Waals surface area contributed by atoms with Gasteiger partial charge < -0.3 is 10.2 Å². The Morgan fingerprint density at radius 3 is 3.20 bits per heavy atom. The average molecular weight is 220 g/mol. The lowest BCUT2D eigenvalue weighted by Crippen LogP contribution is -2.15. The summed E-state index contributed by atoms with van der Waals surface area (Å²) in [6.45, 7) is 0. The molecule has 1 aliphatic carbocycles. The molecule has 0 saturated heterocycles. The van der Waals surface area contributed by atoms with E-state index in [0.717, 1.165) is 29.8 Å². The second kappa shape index (κ2) is 3.47.